The van der Waals surface area contributed by atoms with Crippen molar-refractivity contribution in [2.24, 2.45) is 0 Å². The van der Waals surface area contributed by atoms with Gasteiger partial charge in [-0.3, -0.25) is 15.0 Å². The van der Waals surface area contributed by atoms with Crippen LogP contribution in [0.15, 0.2) is 41.7 Å². The highest BCUT2D eigenvalue weighted by molar-refractivity contribution is 7.98. The largest absolute Gasteiger partial charge is 0.494 e. The topological polar surface area (TPSA) is 95.8 Å². The summed E-state index contributed by atoms with van der Waals surface area (Å²) < 4.78 is 18.6. The molecule has 0 saturated carbocycles. The number of rotatable bonds is 15. The Balaban J connectivity index is 1.25. The maximum atomic E-state index is 12.9. The molecule has 1 aliphatic heterocycles. The Labute approximate surface area is 213 Å². The van der Waals surface area contributed by atoms with Gasteiger partial charge in [-0.05, 0) is 30.7 Å². The average Bonchev–Trinajstić information content (AvgIpc) is 3.30. The summed E-state index contributed by atoms with van der Waals surface area (Å²) in [4.78, 5) is 19.7. The van der Waals surface area contributed by atoms with E-state index in [0.29, 0.717) is 24.7 Å². The quantitative estimate of drug-likeness (QED) is 0.207. The zero-order valence-corrected chi connectivity index (χ0v) is 21.6. The van der Waals surface area contributed by atoms with Gasteiger partial charge in [0.1, 0.15) is 16.6 Å². The van der Waals surface area contributed by atoms with Crippen molar-refractivity contribution in [2.75, 3.05) is 58.7 Å². The van der Waals surface area contributed by atoms with E-state index >= 15 is 0 Å². The monoisotopic (exact) mass is 524 g/mol. The average molecular weight is 525 g/mol. The third kappa shape index (κ3) is 10.4. The van der Waals surface area contributed by atoms with Gasteiger partial charge in [0.2, 0.25) is 0 Å². The molecule has 0 radical (unpaired) electrons. The lowest BCUT2D eigenvalue weighted by atomic mass is 10.3. The summed E-state index contributed by atoms with van der Waals surface area (Å²) in [6.45, 7) is 7.29. The summed E-state index contributed by atoms with van der Waals surface area (Å²) in [7, 11) is 1.65. The Morgan fingerprint density at radius 1 is 1.29 bits per heavy atom. The standard InChI is InChI=1S/C23H33FN6O3S2/c1-25-22(15-30(31)32)26-7-14-34-17-20-18-35-23(27-20)16-29-11-9-28(10-12-29)8-2-13-33-21-5-3-19(24)4-6-21/h3-6,15,18,25-26H,2,7-14,16-17H2,1H3. The number of hydrogen-bond acceptors (Lipinski definition) is 10. The fraction of sp³-hybridized carbons (Fsp3) is 0.522. The number of piperazine rings is 1. The van der Waals surface area contributed by atoms with Crippen LogP contribution in [0.1, 0.15) is 17.1 Å². The van der Waals surface area contributed by atoms with E-state index in [-0.39, 0.29) is 5.82 Å². The number of nitrogens with one attached hydrogen (secondary N) is 2. The number of thioether (sulfide) groups is 1. The summed E-state index contributed by atoms with van der Waals surface area (Å²) in [5.74, 6) is 2.54. The number of halogens is 1. The second kappa shape index (κ2) is 14.9. The summed E-state index contributed by atoms with van der Waals surface area (Å²) in [5, 5.41) is 19.6. The maximum absolute atomic E-state index is 12.9. The number of hydrogen-bond donors (Lipinski definition) is 2. The van der Waals surface area contributed by atoms with Gasteiger partial charge < -0.3 is 20.3 Å². The Hall–Kier alpha value is -2.41. The first-order valence-corrected chi connectivity index (χ1v) is 13.7. The van der Waals surface area contributed by atoms with E-state index in [0.717, 1.165) is 74.1 Å². The second-order valence-electron chi connectivity index (χ2n) is 8.06. The predicted molar refractivity (Wildman–Crippen MR) is 139 cm³/mol. The van der Waals surface area contributed by atoms with Crippen LogP contribution < -0.4 is 15.4 Å². The molecule has 0 atom stereocenters. The highest BCUT2D eigenvalue weighted by Crippen LogP contribution is 2.18. The van der Waals surface area contributed by atoms with Crippen LogP contribution in [-0.2, 0) is 12.3 Å². The first-order valence-electron chi connectivity index (χ1n) is 11.6. The SMILES string of the molecule is CNC(=C[N+](=O)[O-])NCCSCc1csc(CN2CCN(CCCOc3ccc(F)cc3)CC2)n1. The van der Waals surface area contributed by atoms with Gasteiger partial charge in [0.25, 0.3) is 6.20 Å². The van der Waals surface area contributed by atoms with Gasteiger partial charge in [0.05, 0.1) is 23.8 Å². The fourth-order valence-electron chi connectivity index (χ4n) is 3.60. The number of benzene rings is 1. The fourth-order valence-corrected chi connectivity index (χ4v) is 5.29. The Kier molecular flexibility index (Phi) is 11.5. The molecular formula is C23H33FN6O3S2. The highest BCUT2D eigenvalue weighted by Gasteiger charge is 2.18. The number of thiazole rings is 1. The molecule has 1 aromatic heterocycles. The van der Waals surface area contributed by atoms with Gasteiger partial charge >= 0.3 is 0 Å². The lowest BCUT2D eigenvalue weighted by molar-refractivity contribution is -0.404. The van der Waals surface area contributed by atoms with Crippen molar-refractivity contribution >= 4 is 23.1 Å². The van der Waals surface area contributed by atoms with E-state index in [1.807, 2.05) is 0 Å². The van der Waals surface area contributed by atoms with Crippen molar-refractivity contribution in [1.29, 1.82) is 0 Å². The van der Waals surface area contributed by atoms with Gasteiger partial charge in [-0.2, -0.15) is 11.8 Å². The number of ether oxygens (including phenoxy) is 1. The summed E-state index contributed by atoms with van der Waals surface area (Å²) in [6.07, 6.45) is 1.88. The van der Waals surface area contributed by atoms with E-state index < -0.39 is 4.92 Å². The summed E-state index contributed by atoms with van der Waals surface area (Å²) in [5.41, 5.74) is 1.09. The lowest BCUT2D eigenvalue weighted by Crippen LogP contribution is -2.46. The van der Waals surface area contributed by atoms with E-state index in [9.17, 15) is 14.5 Å². The van der Waals surface area contributed by atoms with E-state index in [4.69, 9.17) is 9.72 Å². The van der Waals surface area contributed by atoms with Crippen molar-refractivity contribution in [2.45, 2.75) is 18.7 Å². The molecule has 12 heteroatoms. The second-order valence-corrected chi connectivity index (χ2v) is 10.1. The molecule has 1 aliphatic rings. The van der Waals surface area contributed by atoms with E-state index in [2.05, 4.69) is 25.8 Å². The van der Waals surface area contributed by atoms with Crippen molar-refractivity contribution < 1.29 is 14.1 Å². The molecule has 1 saturated heterocycles. The van der Waals surface area contributed by atoms with Gasteiger partial charge in [0.15, 0.2) is 5.82 Å². The smallest absolute Gasteiger partial charge is 0.274 e. The maximum Gasteiger partial charge on any atom is 0.274 e. The van der Waals surface area contributed by atoms with Crippen LogP contribution in [0.5, 0.6) is 5.75 Å². The molecule has 2 heterocycles. The third-order valence-corrected chi connectivity index (χ3v) is 7.31. The van der Waals surface area contributed by atoms with Gasteiger partial charge in [-0.1, -0.05) is 0 Å². The number of nitro groups is 1. The number of aromatic nitrogens is 1. The molecule has 0 spiro atoms. The molecule has 0 amide bonds. The van der Waals surface area contributed by atoms with Gasteiger partial charge in [-0.25, -0.2) is 9.37 Å². The van der Waals surface area contributed by atoms with Crippen LogP contribution in [0.2, 0.25) is 0 Å². The zero-order valence-electron chi connectivity index (χ0n) is 20.0. The van der Waals surface area contributed by atoms with Gasteiger partial charge in [0, 0.05) is 63.2 Å². The molecule has 3 rings (SSSR count). The van der Waals surface area contributed by atoms with E-state index in [1.165, 1.54) is 12.1 Å². The molecule has 192 valence electrons. The molecule has 9 nitrogen and oxygen atoms in total. The van der Waals surface area contributed by atoms with Crippen LogP contribution >= 0.6 is 23.1 Å². The van der Waals surface area contributed by atoms with Gasteiger partial charge in [-0.15, -0.1) is 11.3 Å². The third-order valence-electron chi connectivity index (χ3n) is 5.44. The molecule has 0 unspecified atom stereocenters. The summed E-state index contributed by atoms with van der Waals surface area (Å²) >= 11 is 3.46. The lowest BCUT2D eigenvalue weighted by Gasteiger charge is -2.34. The first kappa shape index (κ1) is 27.2. The minimum Gasteiger partial charge on any atom is -0.494 e. The van der Waals surface area contributed by atoms with Crippen LogP contribution in [0.4, 0.5) is 4.39 Å². The summed E-state index contributed by atoms with van der Waals surface area (Å²) in [6, 6.07) is 6.15. The minimum absolute atomic E-state index is 0.249. The molecule has 2 aromatic rings. The van der Waals surface area contributed by atoms with Crippen molar-refractivity contribution in [3.8, 4) is 5.75 Å². The van der Waals surface area contributed by atoms with Crippen molar-refractivity contribution in [3.05, 3.63) is 68.3 Å². The van der Waals surface area contributed by atoms with Crippen LogP contribution in [0.3, 0.4) is 0 Å². The molecule has 0 aliphatic carbocycles. The Bertz CT molecular complexity index is 936. The highest BCUT2D eigenvalue weighted by atomic mass is 32.2. The number of nitrogens with zero attached hydrogens (tertiary/aromatic N) is 4. The predicted octanol–water partition coefficient (Wildman–Crippen LogP) is 2.99. The Morgan fingerprint density at radius 3 is 2.74 bits per heavy atom. The molecule has 35 heavy (non-hydrogen) atoms. The first-order chi connectivity index (χ1) is 17.0. The van der Waals surface area contributed by atoms with Crippen LogP contribution in [0.25, 0.3) is 0 Å². The molecule has 1 aromatic carbocycles. The molecular weight excluding hydrogens is 491 g/mol. The van der Waals surface area contributed by atoms with E-state index in [1.54, 1.807) is 42.3 Å². The molecule has 0 bridgehead atoms. The zero-order chi connectivity index (χ0) is 24.9. The van der Waals surface area contributed by atoms with Crippen molar-refractivity contribution in [1.82, 2.24) is 25.4 Å². The van der Waals surface area contributed by atoms with Crippen LogP contribution in [0, 0.1) is 15.9 Å². The molecule has 2 N–H and O–H groups in total. The Morgan fingerprint density at radius 2 is 2.03 bits per heavy atom. The molecule has 1 fully saturated rings. The normalized spacial score (nSPS) is 15.2. The van der Waals surface area contributed by atoms with Crippen molar-refractivity contribution in [3.63, 3.8) is 0 Å². The minimum atomic E-state index is -0.476. The van der Waals surface area contributed by atoms with Crippen LogP contribution in [-0.4, -0.2) is 78.4 Å².